The third-order valence-electron chi connectivity index (χ3n) is 6.80. The molecule has 0 bridgehead atoms. The predicted octanol–water partition coefficient (Wildman–Crippen LogP) is 2.73. The summed E-state index contributed by atoms with van der Waals surface area (Å²) in [7, 11) is 0. The maximum Gasteiger partial charge on any atom is 0.253 e. The van der Waals surface area contributed by atoms with E-state index in [0.29, 0.717) is 30.0 Å². The Hall–Kier alpha value is -1.62. The summed E-state index contributed by atoms with van der Waals surface area (Å²) in [5.41, 5.74) is 4.43. The van der Waals surface area contributed by atoms with E-state index >= 15 is 0 Å². The van der Waals surface area contributed by atoms with Crippen molar-refractivity contribution in [2.24, 2.45) is 11.3 Å². The molecular weight excluding hydrogens is 314 g/mol. The number of hydrogen-bond donors (Lipinski definition) is 1. The van der Waals surface area contributed by atoms with Crippen LogP contribution in [0.3, 0.4) is 0 Å². The van der Waals surface area contributed by atoms with Crippen LogP contribution in [-0.4, -0.2) is 36.2 Å². The Labute approximate surface area is 149 Å². The van der Waals surface area contributed by atoms with Crippen LogP contribution in [0.5, 0.6) is 0 Å². The minimum atomic E-state index is 0.0274. The molecule has 3 fully saturated rings. The van der Waals surface area contributed by atoms with Crippen molar-refractivity contribution in [1.82, 2.24) is 10.3 Å². The minimum Gasteiger partial charge on any atom is -0.377 e. The zero-order chi connectivity index (χ0) is 17.3. The number of nitrogens with one attached hydrogen (secondary N) is 1. The van der Waals surface area contributed by atoms with Crippen molar-refractivity contribution in [3.63, 3.8) is 0 Å². The fourth-order valence-corrected chi connectivity index (χ4v) is 4.54. The molecule has 3 atom stereocenters. The van der Waals surface area contributed by atoms with E-state index in [2.05, 4.69) is 31.0 Å². The number of anilines is 1. The maximum atomic E-state index is 12.0. The number of hydrogen-bond acceptors (Lipinski definition) is 4. The first kappa shape index (κ1) is 15.6. The Kier molecular flexibility index (Phi) is 3.25. The molecule has 1 saturated heterocycles. The lowest BCUT2D eigenvalue weighted by atomic mass is 10.0. The van der Waals surface area contributed by atoms with E-state index in [4.69, 9.17) is 9.72 Å². The normalized spacial score (nSPS) is 31.4. The van der Waals surface area contributed by atoms with Crippen LogP contribution in [0.2, 0.25) is 0 Å². The molecule has 134 valence electrons. The van der Waals surface area contributed by atoms with E-state index in [9.17, 15) is 4.79 Å². The van der Waals surface area contributed by atoms with E-state index < -0.39 is 0 Å². The van der Waals surface area contributed by atoms with Crippen molar-refractivity contribution in [2.75, 3.05) is 18.1 Å². The maximum absolute atomic E-state index is 12.0. The molecule has 3 heterocycles. The van der Waals surface area contributed by atoms with Gasteiger partial charge >= 0.3 is 0 Å². The van der Waals surface area contributed by atoms with E-state index in [1.54, 1.807) is 0 Å². The Morgan fingerprint density at radius 3 is 2.88 bits per heavy atom. The summed E-state index contributed by atoms with van der Waals surface area (Å²) in [5, 5.41) is 2.91. The van der Waals surface area contributed by atoms with E-state index in [1.165, 1.54) is 19.3 Å². The summed E-state index contributed by atoms with van der Waals surface area (Å²) in [6.45, 7) is 9.01. The van der Waals surface area contributed by atoms with E-state index in [0.717, 1.165) is 47.8 Å². The van der Waals surface area contributed by atoms with Gasteiger partial charge in [-0.2, -0.15) is 0 Å². The fraction of sp³-hybridized carbons (Fsp3) is 0.700. The molecule has 5 nitrogen and oxygen atoms in total. The van der Waals surface area contributed by atoms with Gasteiger partial charge in [-0.1, -0.05) is 6.92 Å². The second kappa shape index (κ2) is 5.19. The van der Waals surface area contributed by atoms with Crippen LogP contribution in [0.4, 0.5) is 5.82 Å². The third-order valence-corrected chi connectivity index (χ3v) is 6.80. The zero-order valence-corrected chi connectivity index (χ0v) is 15.4. The minimum absolute atomic E-state index is 0.0274. The predicted molar refractivity (Wildman–Crippen MR) is 95.8 cm³/mol. The molecule has 1 aromatic rings. The van der Waals surface area contributed by atoms with Gasteiger partial charge in [0.05, 0.1) is 30.5 Å². The first-order valence-electron chi connectivity index (χ1n) is 9.63. The average Bonchev–Trinajstić information content (AvgIpc) is 3.49. The lowest BCUT2D eigenvalue weighted by molar-refractivity contribution is 0.00311. The lowest BCUT2D eigenvalue weighted by Crippen LogP contribution is -2.40. The quantitative estimate of drug-likeness (QED) is 0.915. The van der Waals surface area contributed by atoms with E-state index in [1.807, 2.05) is 0 Å². The number of ether oxygens (including phenoxy) is 1. The Bertz CT molecular complexity index is 756. The van der Waals surface area contributed by atoms with Crippen LogP contribution in [-0.2, 0) is 11.3 Å². The first-order chi connectivity index (χ1) is 12.0. The van der Waals surface area contributed by atoms with Gasteiger partial charge in [-0.05, 0) is 56.1 Å². The Morgan fingerprint density at radius 1 is 1.32 bits per heavy atom. The van der Waals surface area contributed by atoms with Crippen molar-refractivity contribution < 1.29 is 9.53 Å². The third kappa shape index (κ3) is 2.47. The highest BCUT2D eigenvalue weighted by Crippen LogP contribution is 2.50. The van der Waals surface area contributed by atoms with Crippen LogP contribution in [0.1, 0.15) is 59.8 Å². The molecule has 2 aliphatic carbocycles. The molecule has 4 aliphatic rings. The number of amides is 1. The highest BCUT2D eigenvalue weighted by atomic mass is 16.5. The van der Waals surface area contributed by atoms with Crippen molar-refractivity contribution >= 4 is 11.7 Å². The van der Waals surface area contributed by atoms with Gasteiger partial charge in [0.2, 0.25) is 0 Å². The second-order valence-corrected chi connectivity index (χ2v) is 8.80. The topological polar surface area (TPSA) is 54.5 Å². The van der Waals surface area contributed by atoms with Gasteiger partial charge in [0.1, 0.15) is 5.82 Å². The molecule has 2 aliphatic heterocycles. The molecule has 3 unspecified atom stereocenters. The smallest absolute Gasteiger partial charge is 0.253 e. The van der Waals surface area contributed by atoms with Gasteiger partial charge < -0.3 is 15.0 Å². The Morgan fingerprint density at radius 2 is 2.12 bits per heavy atom. The molecule has 0 spiro atoms. The molecule has 2 saturated carbocycles. The highest BCUT2D eigenvalue weighted by Gasteiger charge is 2.52. The van der Waals surface area contributed by atoms with Gasteiger partial charge in [0.15, 0.2) is 0 Å². The summed E-state index contributed by atoms with van der Waals surface area (Å²) >= 11 is 0. The highest BCUT2D eigenvalue weighted by molar-refractivity contribution is 5.99. The number of piperidine rings is 1. The van der Waals surface area contributed by atoms with Gasteiger partial charge in [0.25, 0.3) is 5.91 Å². The molecule has 1 N–H and O–H groups in total. The van der Waals surface area contributed by atoms with Crippen molar-refractivity contribution in [2.45, 2.75) is 65.1 Å². The molecule has 0 radical (unpaired) electrons. The SMILES string of the molecule is Cc1c(N2CCC(OCC3(C)CC3)C3CC32)nc2c(c1C)C(=O)NC2. The number of carbonyl (C=O) groups is 1. The molecule has 5 heteroatoms. The standard InChI is InChI=1S/C20H27N3O2/c1-11-12(2)18(22-14-9-21-19(24)17(11)14)23-7-4-16(13-8-15(13)23)25-10-20(3)5-6-20/h13,15-16H,4-10H2,1-3H3,(H,21,24). The molecule has 5 rings (SSSR count). The lowest BCUT2D eigenvalue weighted by Gasteiger charge is -2.34. The van der Waals surface area contributed by atoms with Gasteiger partial charge in [-0.25, -0.2) is 4.98 Å². The van der Waals surface area contributed by atoms with Gasteiger partial charge in [-0.3, -0.25) is 4.79 Å². The van der Waals surface area contributed by atoms with E-state index in [-0.39, 0.29) is 5.91 Å². The van der Waals surface area contributed by atoms with Gasteiger partial charge in [-0.15, -0.1) is 0 Å². The van der Waals surface area contributed by atoms with Crippen molar-refractivity contribution in [3.8, 4) is 0 Å². The number of pyridine rings is 1. The van der Waals surface area contributed by atoms with Crippen LogP contribution < -0.4 is 10.2 Å². The van der Waals surface area contributed by atoms with Crippen LogP contribution in [0.15, 0.2) is 0 Å². The summed E-state index contributed by atoms with van der Waals surface area (Å²) in [4.78, 5) is 19.4. The van der Waals surface area contributed by atoms with Crippen LogP contribution in [0, 0.1) is 25.2 Å². The molecule has 1 aromatic heterocycles. The molecule has 1 amide bonds. The summed E-state index contributed by atoms with van der Waals surface area (Å²) in [6, 6.07) is 0.569. The summed E-state index contributed by atoms with van der Waals surface area (Å²) in [6.07, 6.45) is 5.38. The second-order valence-electron chi connectivity index (χ2n) is 8.80. The largest absolute Gasteiger partial charge is 0.377 e. The number of fused-ring (bicyclic) bond motifs is 2. The fourth-order valence-electron chi connectivity index (χ4n) is 4.54. The first-order valence-corrected chi connectivity index (χ1v) is 9.63. The van der Waals surface area contributed by atoms with Crippen molar-refractivity contribution in [3.05, 3.63) is 22.4 Å². The van der Waals surface area contributed by atoms with Crippen LogP contribution in [0.25, 0.3) is 0 Å². The van der Waals surface area contributed by atoms with Crippen LogP contribution >= 0.6 is 0 Å². The van der Waals surface area contributed by atoms with Gasteiger partial charge in [0, 0.05) is 18.5 Å². The van der Waals surface area contributed by atoms with Crippen molar-refractivity contribution in [1.29, 1.82) is 0 Å². The molecule has 0 aromatic carbocycles. The monoisotopic (exact) mass is 341 g/mol. The Balaban J connectivity index is 1.34. The number of aromatic nitrogens is 1. The summed E-state index contributed by atoms with van der Waals surface area (Å²) in [5.74, 6) is 1.78. The average molecular weight is 341 g/mol. The summed E-state index contributed by atoms with van der Waals surface area (Å²) < 4.78 is 6.29. The number of rotatable bonds is 4. The number of carbonyl (C=O) groups excluding carboxylic acids is 1. The zero-order valence-electron chi connectivity index (χ0n) is 15.4. The molecule has 25 heavy (non-hydrogen) atoms. The molecular formula is C20H27N3O2. The number of nitrogens with zero attached hydrogens (tertiary/aromatic N) is 2.